The SMILES string of the molecule is CC(C)(C)CCc1ccc(-n2cc(CO)nn2)cc1. The molecule has 1 N–H and O–H groups in total. The summed E-state index contributed by atoms with van der Waals surface area (Å²) in [6.45, 7) is 6.69. The fourth-order valence-electron chi connectivity index (χ4n) is 1.83. The molecule has 19 heavy (non-hydrogen) atoms. The van der Waals surface area contributed by atoms with Crippen LogP contribution in [0.15, 0.2) is 30.5 Å². The lowest BCUT2D eigenvalue weighted by Crippen LogP contribution is -2.06. The highest BCUT2D eigenvalue weighted by Gasteiger charge is 2.10. The molecule has 0 radical (unpaired) electrons. The smallest absolute Gasteiger partial charge is 0.109 e. The fraction of sp³-hybridized carbons (Fsp3) is 0.467. The Hall–Kier alpha value is -1.68. The van der Waals surface area contributed by atoms with Crippen LogP contribution in [0.2, 0.25) is 0 Å². The minimum atomic E-state index is -0.0797. The molecular weight excluding hydrogens is 238 g/mol. The van der Waals surface area contributed by atoms with Crippen molar-refractivity contribution in [2.45, 2.75) is 40.2 Å². The van der Waals surface area contributed by atoms with Crippen LogP contribution in [0.4, 0.5) is 0 Å². The van der Waals surface area contributed by atoms with Gasteiger partial charge in [0.25, 0.3) is 0 Å². The number of aliphatic hydroxyl groups excluding tert-OH is 1. The normalized spacial score (nSPS) is 11.8. The van der Waals surface area contributed by atoms with E-state index in [1.54, 1.807) is 10.9 Å². The molecule has 102 valence electrons. The first kappa shape index (κ1) is 13.7. The van der Waals surface area contributed by atoms with Crippen molar-refractivity contribution in [1.82, 2.24) is 15.0 Å². The van der Waals surface area contributed by atoms with Crippen molar-refractivity contribution >= 4 is 0 Å². The van der Waals surface area contributed by atoms with Crippen LogP contribution in [0.25, 0.3) is 5.69 Å². The van der Waals surface area contributed by atoms with Gasteiger partial charge in [0.05, 0.1) is 18.5 Å². The predicted octanol–water partition coefficient (Wildman–Crippen LogP) is 2.74. The van der Waals surface area contributed by atoms with Crippen LogP contribution in [-0.2, 0) is 13.0 Å². The number of nitrogens with zero attached hydrogens (tertiary/aromatic N) is 3. The second-order valence-electron chi connectivity index (χ2n) is 6.04. The van der Waals surface area contributed by atoms with Gasteiger partial charge in [0.1, 0.15) is 5.69 Å². The molecule has 0 unspecified atom stereocenters. The monoisotopic (exact) mass is 259 g/mol. The second-order valence-corrected chi connectivity index (χ2v) is 6.04. The van der Waals surface area contributed by atoms with Gasteiger partial charge in [0.2, 0.25) is 0 Å². The minimum Gasteiger partial charge on any atom is -0.390 e. The number of benzene rings is 1. The van der Waals surface area contributed by atoms with Gasteiger partial charge >= 0.3 is 0 Å². The van der Waals surface area contributed by atoms with Crippen LogP contribution in [-0.4, -0.2) is 20.1 Å². The first-order chi connectivity index (χ1) is 8.98. The third-order valence-electron chi connectivity index (χ3n) is 3.07. The zero-order valence-corrected chi connectivity index (χ0v) is 11.8. The van der Waals surface area contributed by atoms with Gasteiger partial charge in [0.15, 0.2) is 0 Å². The van der Waals surface area contributed by atoms with Gasteiger partial charge in [-0.3, -0.25) is 0 Å². The average Bonchev–Trinajstić information content (AvgIpc) is 2.85. The molecule has 0 saturated carbocycles. The highest BCUT2D eigenvalue weighted by atomic mass is 16.3. The van der Waals surface area contributed by atoms with Crippen LogP contribution in [0.1, 0.15) is 38.4 Å². The molecule has 2 rings (SSSR count). The van der Waals surface area contributed by atoms with Crippen molar-refractivity contribution in [2.75, 3.05) is 0 Å². The third-order valence-corrected chi connectivity index (χ3v) is 3.07. The van der Waals surface area contributed by atoms with Gasteiger partial charge in [-0.2, -0.15) is 0 Å². The van der Waals surface area contributed by atoms with Crippen molar-refractivity contribution in [2.24, 2.45) is 5.41 Å². The van der Waals surface area contributed by atoms with Crippen LogP contribution in [0.5, 0.6) is 0 Å². The van der Waals surface area contributed by atoms with Gasteiger partial charge in [-0.25, -0.2) is 4.68 Å². The van der Waals surface area contributed by atoms with E-state index in [1.165, 1.54) is 12.0 Å². The van der Waals surface area contributed by atoms with Gasteiger partial charge in [-0.05, 0) is 36.0 Å². The Morgan fingerprint density at radius 2 is 1.84 bits per heavy atom. The summed E-state index contributed by atoms with van der Waals surface area (Å²) < 4.78 is 1.68. The van der Waals surface area contributed by atoms with Crippen LogP contribution < -0.4 is 0 Å². The first-order valence-electron chi connectivity index (χ1n) is 6.59. The summed E-state index contributed by atoms with van der Waals surface area (Å²) in [4.78, 5) is 0. The van der Waals surface area contributed by atoms with Crippen LogP contribution in [0.3, 0.4) is 0 Å². The van der Waals surface area contributed by atoms with Crippen LogP contribution >= 0.6 is 0 Å². The van der Waals surface area contributed by atoms with E-state index in [4.69, 9.17) is 5.11 Å². The maximum atomic E-state index is 8.97. The lowest BCUT2D eigenvalue weighted by atomic mass is 9.89. The van der Waals surface area contributed by atoms with E-state index in [2.05, 4.69) is 43.2 Å². The summed E-state index contributed by atoms with van der Waals surface area (Å²) >= 11 is 0. The molecular formula is C15H21N3O. The minimum absolute atomic E-state index is 0.0797. The van der Waals surface area contributed by atoms with Gasteiger partial charge in [-0.15, -0.1) is 5.10 Å². The number of aromatic nitrogens is 3. The van der Waals surface area contributed by atoms with Crippen molar-refractivity contribution in [3.8, 4) is 5.69 Å². The van der Waals surface area contributed by atoms with Crippen molar-refractivity contribution in [1.29, 1.82) is 0 Å². The Bertz CT molecular complexity index is 523. The molecule has 4 nitrogen and oxygen atoms in total. The summed E-state index contributed by atoms with van der Waals surface area (Å²) in [5, 5.41) is 16.8. The van der Waals surface area contributed by atoms with Crippen molar-refractivity contribution in [3.05, 3.63) is 41.7 Å². The summed E-state index contributed by atoms with van der Waals surface area (Å²) in [6, 6.07) is 8.32. The molecule has 4 heteroatoms. The average molecular weight is 259 g/mol. The third kappa shape index (κ3) is 3.89. The highest BCUT2D eigenvalue weighted by Crippen LogP contribution is 2.21. The first-order valence-corrected chi connectivity index (χ1v) is 6.59. The lowest BCUT2D eigenvalue weighted by Gasteiger charge is -2.17. The molecule has 0 bridgehead atoms. The Labute approximate surface area is 114 Å². The number of aryl methyl sites for hydroxylation is 1. The van der Waals surface area contributed by atoms with Gasteiger partial charge < -0.3 is 5.11 Å². The molecule has 1 heterocycles. The lowest BCUT2D eigenvalue weighted by molar-refractivity contribution is 0.276. The van der Waals surface area contributed by atoms with E-state index in [1.807, 2.05) is 12.1 Å². The van der Waals surface area contributed by atoms with Crippen LogP contribution in [0, 0.1) is 5.41 Å². The molecule has 0 saturated heterocycles. The molecule has 2 aromatic rings. The quantitative estimate of drug-likeness (QED) is 0.918. The Morgan fingerprint density at radius 3 is 2.37 bits per heavy atom. The molecule has 1 aromatic carbocycles. The van der Waals surface area contributed by atoms with Crippen molar-refractivity contribution in [3.63, 3.8) is 0 Å². The standard InChI is InChI=1S/C15H21N3O/c1-15(2,3)9-8-12-4-6-14(7-5-12)18-10-13(11-19)16-17-18/h4-7,10,19H,8-9,11H2,1-3H3. The number of aliphatic hydroxyl groups is 1. The fourth-order valence-corrected chi connectivity index (χ4v) is 1.83. The Balaban J connectivity index is 2.06. The number of hydrogen-bond donors (Lipinski definition) is 1. The summed E-state index contributed by atoms with van der Waals surface area (Å²) in [5.74, 6) is 0. The summed E-state index contributed by atoms with van der Waals surface area (Å²) in [7, 11) is 0. The van der Waals surface area contributed by atoms with Gasteiger partial charge in [-0.1, -0.05) is 38.1 Å². The van der Waals surface area contributed by atoms with E-state index in [9.17, 15) is 0 Å². The molecule has 0 aliphatic carbocycles. The van der Waals surface area contributed by atoms with E-state index < -0.39 is 0 Å². The number of hydrogen-bond acceptors (Lipinski definition) is 3. The maximum absolute atomic E-state index is 8.97. The molecule has 0 atom stereocenters. The predicted molar refractivity (Wildman–Crippen MR) is 75.1 cm³/mol. The molecule has 1 aromatic heterocycles. The zero-order chi connectivity index (χ0) is 13.9. The van der Waals surface area contributed by atoms with E-state index in [-0.39, 0.29) is 6.61 Å². The Morgan fingerprint density at radius 1 is 1.16 bits per heavy atom. The number of rotatable bonds is 4. The highest BCUT2D eigenvalue weighted by molar-refractivity contribution is 5.33. The molecule has 0 spiro atoms. The van der Waals surface area contributed by atoms with E-state index >= 15 is 0 Å². The molecule has 0 fully saturated rings. The van der Waals surface area contributed by atoms with E-state index in [0.717, 1.165) is 12.1 Å². The second kappa shape index (κ2) is 5.53. The van der Waals surface area contributed by atoms with Gasteiger partial charge in [0, 0.05) is 0 Å². The van der Waals surface area contributed by atoms with Crippen molar-refractivity contribution < 1.29 is 5.11 Å². The zero-order valence-electron chi connectivity index (χ0n) is 11.8. The molecule has 0 aliphatic rings. The van der Waals surface area contributed by atoms with E-state index in [0.29, 0.717) is 11.1 Å². The summed E-state index contributed by atoms with van der Waals surface area (Å²) in [6.07, 6.45) is 4.00. The largest absolute Gasteiger partial charge is 0.390 e. The topological polar surface area (TPSA) is 50.9 Å². The Kier molecular flexibility index (Phi) is 4.00. The summed E-state index contributed by atoms with van der Waals surface area (Å²) in [5.41, 5.74) is 3.24. The molecule has 0 aliphatic heterocycles. The molecule has 0 amide bonds. The maximum Gasteiger partial charge on any atom is 0.109 e.